The van der Waals surface area contributed by atoms with Crippen LogP contribution in [0.25, 0.3) is 11.6 Å². The quantitative estimate of drug-likeness (QED) is 0.681. The highest BCUT2D eigenvalue weighted by Gasteiger charge is 2.33. The largest absolute Gasteiger partial charge is 0.497 e. The number of hydrogen-bond acceptors (Lipinski definition) is 3. The van der Waals surface area contributed by atoms with E-state index < -0.39 is 0 Å². The lowest BCUT2D eigenvalue weighted by Gasteiger charge is -2.16. The van der Waals surface area contributed by atoms with E-state index in [2.05, 4.69) is 5.32 Å². The van der Waals surface area contributed by atoms with E-state index in [1.54, 1.807) is 31.4 Å². The molecule has 2 aromatic carbocycles. The monoisotopic (exact) mass is 387 g/mol. The number of fused-ring (bicyclic) bond motifs is 1. The summed E-state index contributed by atoms with van der Waals surface area (Å²) in [5.41, 5.74) is 3.72. The van der Waals surface area contributed by atoms with Crippen LogP contribution in [0.15, 0.2) is 66.9 Å². The smallest absolute Gasteiger partial charge is 0.259 e. The van der Waals surface area contributed by atoms with E-state index in [1.165, 1.54) is 4.90 Å². The summed E-state index contributed by atoms with van der Waals surface area (Å²) in [6.45, 7) is -0.0631. The molecule has 0 saturated carbocycles. The van der Waals surface area contributed by atoms with Gasteiger partial charge in [-0.25, -0.2) is 0 Å². The van der Waals surface area contributed by atoms with Gasteiger partial charge in [-0.2, -0.15) is 0 Å². The van der Waals surface area contributed by atoms with E-state index in [0.717, 1.165) is 16.9 Å². The maximum absolute atomic E-state index is 13.1. The van der Waals surface area contributed by atoms with Crippen molar-refractivity contribution in [1.82, 2.24) is 4.57 Å². The molecule has 0 fully saturated rings. The van der Waals surface area contributed by atoms with Crippen molar-refractivity contribution in [3.05, 3.63) is 78.1 Å². The van der Waals surface area contributed by atoms with Gasteiger partial charge in [-0.3, -0.25) is 14.5 Å². The fourth-order valence-corrected chi connectivity index (χ4v) is 3.39. The maximum atomic E-state index is 13.1. The molecule has 6 heteroatoms. The normalized spacial score (nSPS) is 14.2. The number of carbonyl (C=O) groups excluding carboxylic acids is 2. The third kappa shape index (κ3) is 3.65. The lowest BCUT2D eigenvalue weighted by Crippen LogP contribution is -2.35. The predicted molar refractivity (Wildman–Crippen MR) is 114 cm³/mol. The van der Waals surface area contributed by atoms with E-state index in [-0.39, 0.29) is 18.4 Å². The zero-order valence-corrected chi connectivity index (χ0v) is 16.3. The molecule has 2 amide bonds. The van der Waals surface area contributed by atoms with Crippen LogP contribution in [0.4, 0.5) is 11.4 Å². The Balaban J connectivity index is 1.57. The lowest BCUT2D eigenvalue weighted by atomic mass is 10.1. The second-order valence-corrected chi connectivity index (χ2v) is 6.79. The minimum absolute atomic E-state index is 0.0631. The van der Waals surface area contributed by atoms with Crippen molar-refractivity contribution in [3.63, 3.8) is 0 Å². The maximum Gasteiger partial charge on any atom is 0.259 e. The standard InChI is InChI=1S/C23H21N3O3/c1-25-13-5-6-17(25)14-20-19-7-3-4-8-21(19)26(23(20)28)15-22(27)24-16-9-11-18(29-2)12-10-16/h3-14H,15H2,1-2H3,(H,24,27)/b20-14+. The molecule has 0 bridgehead atoms. The molecule has 6 nitrogen and oxygen atoms in total. The highest BCUT2D eigenvalue weighted by atomic mass is 16.5. The summed E-state index contributed by atoms with van der Waals surface area (Å²) in [5.74, 6) is 0.262. The number of methoxy groups -OCH3 is 1. The Labute approximate surface area is 169 Å². The first-order valence-electron chi connectivity index (χ1n) is 9.25. The number of para-hydroxylation sites is 1. The third-order valence-electron chi connectivity index (χ3n) is 4.91. The second kappa shape index (κ2) is 7.67. The SMILES string of the molecule is COc1ccc(NC(=O)CN2C(=O)/C(=C/c3cccn3C)c3ccccc32)cc1. The van der Waals surface area contributed by atoms with Gasteiger partial charge in [0.25, 0.3) is 5.91 Å². The zero-order valence-electron chi connectivity index (χ0n) is 16.3. The molecule has 4 rings (SSSR count). The van der Waals surface area contributed by atoms with E-state index >= 15 is 0 Å². The molecular weight excluding hydrogens is 366 g/mol. The number of aromatic nitrogens is 1. The summed E-state index contributed by atoms with van der Waals surface area (Å²) in [7, 11) is 3.52. The number of ether oxygens (including phenoxy) is 1. The van der Waals surface area contributed by atoms with Gasteiger partial charge in [-0.15, -0.1) is 0 Å². The van der Waals surface area contributed by atoms with Crippen LogP contribution in [-0.4, -0.2) is 30.0 Å². The summed E-state index contributed by atoms with van der Waals surface area (Å²) in [6, 6.07) is 18.5. The van der Waals surface area contributed by atoms with Gasteiger partial charge in [-0.05, 0) is 48.5 Å². The van der Waals surface area contributed by atoms with Crippen LogP contribution in [-0.2, 0) is 16.6 Å². The first kappa shape index (κ1) is 18.6. The highest BCUT2D eigenvalue weighted by Crippen LogP contribution is 2.37. The van der Waals surface area contributed by atoms with Crippen molar-refractivity contribution < 1.29 is 14.3 Å². The average Bonchev–Trinajstić information content (AvgIpc) is 3.25. The van der Waals surface area contributed by atoms with Crippen LogP contribution in [0, 0.1) is 0 Å². The lowest BCUT2D eigenvalue weighted by molar-refractivity contribution is -0.118. The van der Waals surface area contributed by atoms with Gasteiger partial charge < -0.3 is 14.6 Å². The summed E-state index contributed by atoms with van der Waals surface area (Å²) in [4.78, 5) is 27.2. The van der Waals surface area contributed by atoms with Crippen molar-refractivity contribution >= 4 is 34.8 Å². The molecule has 146 valence electrons. The average molecular weight is 387 g/mol. The Morgan fingerprint density at radius 1 is 1.07 bits per heavy atom. The van der Waals surface area contributed by atoms with Crippen LogP contribution < -0.4 is 15.0 Å². The summed E-state index contributed by atoms with van der Waals surface area (Å²) >= 11 is 0. The van der Waals surface area contributed by atoms with Crippen LogP contribution in [0.5, 0.6) is 5.75 Å². The predicted octanol–water partition coefficient (Wildman–Crippen LogP) is 3.56. The number of benzene rings is 2. The minimum atomic E-state index is -0.265. The summed E-state index contributed by atoms with van der Waals surface area (Å²) in [5, 5.41) is 2.83. The molecule has 1 aliphatic heterocycles. The number of carbonyl (C=O) groups is 2. The van der Waals surface area contributed by atoms with Crippen molar-refractivity contribution in [1.29, 1.82) is 0 Å². The molecule has 0 aliphatic carbocycles. The molecule has 1 N–H and O–H groups in total. The number of amides is 2. The number of nitrogens with one attached hydrogen (secondary N) is 1. The van der Waals surface area contributed by atoms with Crippen LogP contribution in [0.3, 0.4) is 0 Å². The Hall–Kier alpha value is -3.80. The van der Waals surface area contributed by atoms with Crippen molar-refractivity contribution in [3.8, 4) is 5.75 Å². The number of rotatable bonds is 5. The molecular formula is C23H21N3O3. The summed E-state index contributed by atoms with van der Waals surface area (Å²) in [6.07, 6.45) is 3.79. The fourth-order valence-electron chi connectivity index (χ4n) is 3.39. The van der Waals surface area contributed by atoms with E-state index in [4.69, 9.17) is 4.74 Å². The van der Waals surface area contributed by atoms with Crippen LogP contribution >= 0.6 is 0 Å². The van der Waals surface area contributed by atoms with E-state index in [9.17, 15) is 9.59 Å². The van der Waals surface area contributed by atoms with Crippen molar-refractivity contribution in [2.75, 3.05) is 23.9 Å². The Morgan fingerprint density at radius 2 is 1.83 bits per heavy atom. The molecule has 1 aliphatic rings. The Morgan fingerprint density at radius 3 is 2.52 bits per heavy atom. The number of nitrogens with zero attached hydrogens (tertiary/aromatic N) is 2. The first-order valence-corrected chi connectivity index (χ1v) is 9.25. The van der Waals surface area contributed by atoms with Crippen LogP contribution in [0.2, 0.25) is 0 Å². The number of aryl methyl sites for hydroxylation is 1. The molecule has 29 heavy (non-hydrogen) atoms. The van der Waals surface area contributed by atoms with Crippen LogP contribution in [0.1, 0.15) is 11.3 Å². The van der Waals surface area contributed by atoms with Gasteiger partial charge in [0.2, 0.25) is 5.91 Å². The van der Waals surface area contributed by atoms with Crippen molar-refractivity contribution in [2.24, 2.45) is 7.05 Å². The molecule has 0 atom stereocenters. The second-order valence-electron chi connectivity index (χ2n) is 6.79. The Kier molecular flexibility index (Phi) is 4.91. The highest BCUT2D eigenvalue weighted by molar-refractivity contribution is 6.36. The molecule has 3 aromatic rings. The minimum Gasteiger partial charge on any atom is -0.497 e. The molecule has 0 radical (unpaired) electrons. The molecule has 0 unspecified atom stereocenters. The van der Waals surface area contributed by atoms with Gasteiger partial charge in [0.15, 0.2) is 0 Å². The molecule has 0 saturated heterocycles. The van der Waals surface area contributed by atoms with E-state index in [0.29, 0.717) is 17.0 Å². The number of anilines is 2. The first-order chi connectivity index (χ1) is 14.1. The molecule has 1 aromatic heterocycles. The zero-order chi connectivity index (χ0) is 20.4. The number of hydrogen-bond donors (Lipinski definition) is 1. The van der Waals surface area contributed by atoms with E-state index in [1.807, 2.05) is 60.3 Å². The molecule has 2 heterocycles. The topological polar surface area (TPSA) is 63.6 Å². The van der Waals surface area contributed by atoms with Gasteiger partial charge >= 0.3 is 0 Å². The fraction of sp³-hybridized carbons (Fsp3) is 0.130. The van der Waals surface area contributed by atoms with Gasteiger partial charge in [0, 0.05) is 30.2 Å². The van der Waals surface area contributed by atoms with Gasteiger partial charge in [-0.1, -0.05) is 18.2 Å². The van der Waals surface area contributed by atoms with Crippen molar-refractivity contribution in [2.45, 2.75) is 0 Å². The van der Waals surface area contributed by atoms with Gasteiger partial charge in [0.1, 0.15) is 12.3 Å². The summed E-state index contributed by atoms with van der Waals surface area (Å²) < 4.78 is 7.07. The third-order valence-corrected chi connectivity index (χ3v) is 4.91. The molecule has 0 spiro atoms. The Bertz CT molecular complexity index is 1100. The van der Waals surface area contributed by atoms with Gasteiger partial charge in [0.05, 0.1) is 18.4 Å².